The molecule has 0 aliphatic rings. The van der Waals surface area contributed by atoms with Crippen LogP contribution in [0.3, 0.4) is 0 Å². The molecule has 1 aromatic carbocycles. The number of methoxy groups -OCH3 is 1. The van der Waals surface area contributed by atoms with Crippen molar-refractivity contribution in [3.05, 3.63) is 29.8 Å². The lowest BCUT2D eigenvalue weighted by Crippen LogP contribution is -2.48. The van der Waals surface area contributed by atoms with E-state index >= 15 is 0 Å². The van der Waals surface area contributed by atoms with Crippen molar-refractivity contribution < 1.29 is 14.6 Å². The standard InChI is InChI=1S/C18H29NO3/c1-13(2)18(5,21)12-19-16(20)17(3,4)11-14-9-7-8-10-15(14)22-6/h7-10,13,21H,11-12H2,1-6H3,(H,19,20). The van der Waals surface area contributed by atoms with Crippen molar-refractivity contribution in [2.75, 3.05) is 13.7 Å². The van der Waals surface area contributed by atoms with E-state index in [1.165, 1.54) is 0 Å². The Morgan fingerprint density at radius 1 is 1.27 bits per heavy atom. The first-order valence-electron chi connectivity index (χ1n) is 7.73. The van der Waals surface area contributed by atoms with Crippen LogP contribution >= 0.6 is 0 Å². The summed E-state index contributed by atoms with van der Waals surface area (Å²) in [6.07, 6.45) is 0.576. The number of para-hydroxylation sites is 1. The summed E-state index contributed by atoms with van der Waals surface area (Å²) in [5, 5.41) is 13.1. The van der Waals surface area contributed by atoms with Gasteiger partial charge >= 0.3 is 0 Å². The Balaban J connectivity index is 2.75. The Morgan fingerprint density at radius 3 is 2.41 bits per heavy atom. The first-order chi connectivity index (χ1) is 10.1. The number of benzene rings is 1. The van der Waals surface area contributed by atoms with Gasteiger partial charge in [-0.15, -0.1) is 0 Å². The summed E-state index contributed by atoms with van der Waals surface area (Å²) in [4.78, 5) is 12.5. The predicted molar refractivity (Wildman–Crippen MR) is 89.0 cm³/mol. The molecule has 1 unspecified atom stereocenters. The largest absolute Gasteiger partial charge is 0.496 e. The highest BCUT2D eigenvalue weighted by atomic mass is 16.5. The molecule has 0 saturated heterocycles. The van der Waals surface area contributed by atoms with E-state index in [-0.39, 0.29) is 18.4 Å². The highest BCUT2D eigenvalue weighted by Gasteiger charge is 2.32. The van der Waals surface area contributed by atoms with E-state index in [0.717, 1.165) is 11.3 Å². The Morgan fingerprint density at radius 2 is 1.86 bits per heavy atom. The van der Waals surface area contributed by atoms with Gasteiger partial charge in [0, 0.05) is 12.0 Å². The molecule has 0 aliphatic carbocycles. The molecule has 0 fully saturated rings. The van der Waals surface area contributed by atoms with Gasteiger partial charge in [0.05, 0.1) is 12.7 Å². The van der Waals surface area contributed by atoms with Gasteiger partial charge in [-0.1, -0.05) is 45.9 Å². The van der Waals surface area contributed by atoms with Crippen LogP contribution in [0.1, 0.15) is 40.2 Å². The van der Waals surface area contributed by atoms with Crippen molar-refractivity contribution in [1.82, 2.24) is 5.32 Å². The van der Waals surface area contributed by atoms with Gasteiger partial charge < -0.3 is 15.2 Å². The zero-order valence-corrected chi connectivity index (χ0v) is 14.6. The number of aliphatic hydroxyl groups is 1. The Kier molecular flexibility index (Phi) is 6.00. The molecule has 2 N–H and O–H groups in total. The summed E-state index contributed by atoms with van der Waals surface area (Å²) in [6, 6.07) is 7.72. The van der Waals surface area contributed by atoms with E-state index in [1.807, 2.05) is 52.0 Å². The summed E-state index contributed by atoms with van der Waals surface area (Å²) in [7, 11) is 1.63. The van der Waals surface area contributed by atoms with Crippen LogP contribution in [0.4, 0.5) is 0 Å². The summed E-state index contributed by atoms with van der Waals surface area (Å²) in [5.74, 6) is 0.794. The second-order valence-electron chi connectivity index (χ2n) is 7.07. The highest BCUT2D eigenvalue weighted by molar-refractivity contribution is 5.82. The van der Waals surface area contributed by atoms with E-state index in [2.05, 4.69) is 5.32 Å². The third-order valence-electron chi connectivity index (χ3n) is 4.29. The lowest BCUT2D eigenvalue weighted by molar-refractivity contribution is -0.130. The van der Waals surface area contributed by atoms with Crippen molar-refractivity contribution in [2.45, 2.75) is 46.6 Å². The van der Waals surface area contributed by atoms with Crippen molar-refractivity contribution in [2.24, 2.45) is 11.3 Å². The average Bonchev–Trinajstić information content (AvgIpc) is 2.44. The van der Waals surface area contributed by atoms with E-state index < -0.39 is 11.0 Å². The summed E-state index contributed by atoms with van der Waals surface area (Å²) in [6.45, 7) is 9.67. The molecule has 1 amide bonds. The second kappa shape index (κ2) is 7.14. The molecule has 124 valence electrons. The van der Waals surface area contributed by atoms with Crippen molar-refractivity contribution >= 4 is 5.91 Å². The number of ether oxygens (including phenoxy) is 1. The molecule has 1 aromatic rings. The monoisotopic (exact) mass is 307 g/mol. The minimum atomic E-state index is -0.907. The van der Waals surface area contributed by atoms with Crippen LogP contribution in [0.2, 0.25) is 0 Å². The molecule has 1 rings (SSSR count). The van der Waals surface area contributed by atoms with Crippen molar-refractivity contribution in [1.29, 1.82) is 0 Å². The van der Waals surface area contributed by atoms with Gasteiger partial charge in [0.1, 0.15) is 5.75 Å². The molecular formula is C18H29NO3. The minimum Gasteiger partial charge on any atom is -0.496 e. The lowest BCUT2D eigenvalue weighted by Gasteiger charge is -2.31. The van der Waals surface area contributed by atoms with Gasteiger partial charge in [0.25, 0.3) is 0 Å². The molecule has 0 spiro atoms. The third kappa shape index (κ3) is 4.73. The summed E-state index contributed by atoms with van der Waals surface area (Å²) >= 11 is 0. The van der Waals surface area contributed by atoms with Crippen LogP contribution < -0.4 is 10.1 Å². The first-order valence-corrected chi connectivity index (χ1v) is 7.73. The molecule has 4 nitrogen and oxygen atoms in total. The second-order valence-corrected chi connectivity index (χ2v) is 7.07. The fraction of sp³-hybridized carbons (Fsp3) is 0.611. The fourth-order valence-corrected chi connectivity index (χ4v) is 2.11. The van der Waals surface area contributed by atoms with E-state index in [9.17, 15) is 9.90 Å². The van der Waals surface area contributed by atoms with Crippen LogP contribution in [0.5, 0.6) is 5.75 Å². The SMILES string of the molecule is COc1ccccc1CC(C)(C)C(=O)NCC(C)(O)C(C)C. The molecular weight excluding hydrogens is 278 g/mol. The van der Waals surface area contributed by atoms with E-state index in [0.29, 0.717) is 6.42 Å². The molecule has 4 heteroatoms. The maximum Gasteiger partial charge on any atom is 0.226 e. The minimum absolute atomic E-state index is 0.0701. The number of carbonyl (C=O) groups is 1. The number of nitrogens with one attached hydrogen (secondary N) is 1. The first kappa shape index (κ1) is 18.5. The fourth-order valence-electron chi connectivity index (χ4n) is 2.11. The Bertz CT molecular complexity index is 507. The number of hydrogen-bond donors (Lipinski definition) is 2. The number of rotatable bonds is 7. The molecule has 0 heterocycles. The Hall–Kier alpha value is -1.55. The van der Waals surface area contributed by atoms with E-state index in [1.54, 1.807) is 14.0 Å². The quantitative estimate of drug-likeness (QED) is 0.814. The van der Waals surface area contributed by atoms with Gasteiger partial charge in [0.2, 0.25) is 5.91 Å². The van der Waals surface area contributed by atoms with Gasteiger partial charge in [-0.05, 0) is 30.9 Å². The van der Waals surface area contributed by atoms with Crippen molar-refractivity contribution in [3.8, 4) is 5.75 Å². The lowest BCUT2D eigenvalue weighted by atomic mass is 9.84. The van der Waals surface area contributed by atoms with Crippen LogP contribution in [0, 0.1) is 11.3 Å². The highest BCUT2D eigenvalue weighted by Crippen LogP contribution is 2.28. The molecule has 0 radical (unpaired) electrons. The normalized spacial score (nSPS) is 14.5. The third-order valence-corrected chi connectivity index (χ3v) is 4.29. The topological polar surface area (TPSA) is 58.6 Å². The zero-order chi connectivity index (χ0) is 17.0. The van der Waals surface area contributed by atoms with Gasteiger partial charge in [-0.2, -0.15) is 0 Å². The number of hydrogen-bond acceptors (Lipinski definition) is 3. The zero-order valence-electron chi connectivity index (χ0n) is 14.6. The van der Waals surface area contributed by atoms with Gasteiger partial charge in [0.15, 0.2) is 0 Å². The predicted octanol–water partition coefficient (Wildman–Crippen LogP) is 2.79. The number of amides is 1. The summed E-state index contributed by atoms with van der Waals surface area (Å²) in [5.41, 5.74) is -0.488. The van der Waals surface area contributed by atoms with Crippen LogP contribution in [0.25, 0.3) is 0 Å². The summed E-state index contributed by atoms with van der Waals surface area (Å²) < 4.78 is 5.34. The van der Waals surface area contributed by atoms with Gasteiger partial charge in [-0.25, -0.2) is 0 Å². The Labute approximate surface area is 133 Å². The molecule has 1 atom stereocenters. The molecule has 0 saturated carbocycles. The number of carbonyl (C=O) groups excluding carboxylic acids is 1. The molecule has 0 bridgehead atoms. The van der Waals surface area contributed by atoms with Crippen molar-refractivity contribution in [3.63, 3.8) is 0 Å². The molecule has 22 heavy (non-hydrogen) atoms. The molecule has 0 aliphatic heterocycles. The maximum atomic E-state index is 12.5. The van der Waals surface area contributed by atoms with Crippen LogP contribution in [0.15, 0.2) is 24.3 Å². The van der Waals surface area contributed by atoms with E-state index in [4.69, 9.17) is 4.74 Å². The van der Waals surface area contributed by atoms with Gasteiger partial charge in [-0.3, -0.25) is 4.79 Å². The molecule has 0 aromatic heterocycles. The van der Waals surface area contributed by atoms with Crippen LogP contribution in [-0.4, -0.2) is 30.3 Å². The average molecular weight is 307 g/mol. The smallest absolute Gasteiger partial charge is 0.226 e. The maximum absolute atomic E-state index is 12.5. The van der Waals surface area contributed by atoms with Crippen LogP contribution in [-0.2, 0) is 11.2 Å².